The summed E-state index contributed by atoms with van der Waals surface area (Å²) in [6.07, 6.45) is 4.48. The van der Waals surface area contributed by atoms with E-state index in [1.807, 2.05) is 6.07 Å². The van der Waals surface area contributed by atoms with Crippen molar-refractivity contribution in [2.75, 3.05) is 6.61 Å². The first-order chi connectivity index (χ1) is 11.3. The van der Waals surface area contributed by atoms with Crippen LogP contribution in [-0.2, 0) is 15.8 Å². The number of benzene rings is 1. The summed E-state index contributed by atoms with van der Waals surface area (Å²) in [5.41, 5.74) is 1.24. The summed E-state index contributed by atoms with van der Waals surface area (Å²) in [5.74, 6) is 0. The fourth-order valence-corrected chi connectivity index (χ4v) is 3.30. The summed E-state index contributed by atoms with van der Waals surface area (Å²) >= 11 is 0. The molecule has 0 aliphatic carbocycles. The van der Waals surface area contributed by atoms with Gasteiger partial charge in [0.05, 0.1) is 6.61 Å². The van der Waals surface area contributed by atoms with Crippen LogP contribution in [0.1, 0.15) is 52.5 Å². The van der Waals surface area contributed by atoms with Gasteiger partial charge in [0.1, 0.15) is 0 Å². The molecule has 1 atom stereocenters. The lowest BCUT2D eigenvalue weighted by molar-refractivity contribution is 0.0837. The average Bonchev–Trinajstić information content (AvgIpc) is 2.53. The molecule has 0 spiro atoms. The normalized spacial score (nSPS) is 13.8. The lowest BCUT2D eigenvalue weighted by Gasteiger charge is -2.36. The molecule has 1 aromatic rings. The van der Waals surface area contributed by atoms with E-state index in [-0.39, 0.29) is 11.0 Å². The highest BCUT2D eigenvalue weighted by molar-refractivity contribution is 6.74. The van der Waals surface area contributed by atoms with Crippen molar-refractivity contribution in [1.82, 2.24) is 0 Å². The number of ether oxygens (including phenoxy) is 1. The molecule has 4 heteroatoms. The number of hydrogen-bond donors (Lipinski definition) is 0. The molecule has 135 valence electrons. The Labute approximate surface area is 151 Å². The predicted octanol–water partition coefficient (Wildman–Crippen LogP) is 5.86. The third kappa shape index (κ3) is 8.00. The first kappa shape index (κ1) is 21.5. The lowest BCUT2D eigenvalue weighted by Crippen LogP contribution is -2.41. The van der Waals surface area contributed by atoms with E-state index in [9.17, 15) is 0 Å². The molecule has 1 aromatic carbocycles. The molecule has 0 amide bonds. The van der Waals surface area contributed by atoms with E-state index in [1.54, 1.807) is 0 Å². The average molecular weight is 347 g/mol. The van der Waals surface area contributed by atoms with Crippen LogP contribution in [0.4, 0.5) is 0 Å². The molecule has 2 nitrogen and oxygen atoms in total. The Morgan fingerprint density at radius 1 is 1.12 bits per heavy atom. The Morgan fingerprint density at radius 2 is 1.79 bits per heavy atom. The zero-order valence-electron chi connectivity index (χ0n) is 16.6. The standard InChI is InChI=1S/C20H36BO2Si/c1-7-8-14-19(22-17-18-12-10-9-11-13-18)21-15-16-23-24(5,6)20(2,3)4/h9-13,19H,7-8,14-17H2,1-6H3/t19-/m1/s1. The minimum atomic E-state index is -1.63. The van der Waals surface area contributed by atoms with E-state index in [1.165, 1.54) is 18.4 Å². The van der Waals surface area contributed by atoms with Gasteiger partial charge in [-0.05, 0) is 30.1 Å². The molecule has 0 unspecified atom stereocenters. The molecule has 0 N–H and O–H groups in total. The van der Waals surface area contributed by atoms with Crippen molar-refractivity contribution in [3.63, 3.8) is 0 Å². The van der Waals surface area contributed by atoms with Crippen molar-refractivity contribution >= 4 is 15.6 Å². The summed E-state index contributed by atoms with van der Waals surface area (Å²) in [6, 6.07) is 10.7. The van der Waals surface area contributed by atoms with Crippen molar-refractivity contribution in [3.05, 3.63) is 35.9 Å². The summed E-state index contributed by atoms with van der Waals surface area (Å²) < 4.78 is 12.4. The minimum Gasteiger partial charge on any atom is -0.418 e. The van der Waals surface area contributed by atoms with Crippen LogP contribution in [0.25, 0.3) is 0 Å². The van der Waals surface area contributed by atoms with Crippen molar-refractivity contribution in [2.45, 2.75) is 84.0 Å². The molecule has 0 aromatic heterocycles. The van der Waals surface area contributed by atoms with Gasteiger partial charge in [0, 0.05) is 12.6 Å². The van der Waals surface area contributed by atoms with Crippen LogP contribution < -0.4 is 0 Å². The topological polar surface area (TPSA) is 18.5 Å². The molecule has 0 saturated carbocycles. The van der Waals surface area contributed by atoms with Crippen LogP contribution in [0, 0.1) is 0 Å². The molecule has 0 aliphatic heterocycles. The van der Waals surface area contributed by atoms with Crippen LogP contribution >= 0.6 is 0 Å². The van der Waals surface area contributed by atoms with Crippen molar-refractivity contribution in [1.29, 1.82) is 0 Å². The van der Waals surface area contributed by atoms with Gasteiger partial charge in [-0.15, -0.1) is 0 Å². The molecule has 0 aliphatic rings. The van der Waals surface area contributed by atoms with Gasteiger partial charge in [-0.25, -0.2) is 0 Å². The molecule has 24 heavy (non-hydrogen) atoms. The van der Waals surface area contributed by atoms with E-state index in [0.29, 0.717) is 6.61 Å². The lowest BCUT2D eigenvalue weighted by atomic mass is 9.67. The first-order valence-corrected chi connectivity index (χ1v) is 12.3. The van der Waals surface area contributed by atoms with E-state index in [2.05, 4.69) is 72.3 Å². The van der Waals surface area contributed by atoms with Gasteiger partial charge in [0.25, 0.3) is 0 Å². The summed E-state index contributed by atoms with van der Waals surface area (Å²) in [6.45, 7) is 15.2. The number of unbranched alkanes of at least 4 members (excludes halogenated alkanes) is 1. The Bertz CT molecular complexity index is 443. The Balaban J connectivity index is 2.37. The van der Waals surface area contributed by atoms with E-state index in [4.69, 9.17) is 9.16 Å². The fourth-order valence-electron chi connectivity index (χ4n) is 2.24. The third-order valence-electron chi connectivity index (χ3n) is 4.97. The summed E-state index contributed by atoms with van der Waals surface area (Å²) in [4.78, 5) is 0. The van der Waals surface area contributed by atoms with Gasteiger partial charge in [0.15, 0.2) is 15.6 Å². The van der Waals surface area contributed by atoms with Crippen LogP contribution in [0.2, 0.25) is 24.5 Å². The van der Waals surface area contributed by atoms with Gasteiger partial charge >= 0.3 is 0 Å². The molecular formula is C20H36BO2Si. The van der Waals surface area contributed by atoms with Crippen molar-refractivity contribution in [3.8, 4) is 0 Å². The van der Waals surface area contributed by atoms with Gasteiger partial charge in [-0.3, -0.25) is 0 Å². The van der Waals surface area contributed by atoms with E-state index in [0.717, 1.165) is 19.3 Å². The number of rotatable bonds is 11. The first-order valence-electron chi connectivity index (χ1n) is 9.39. The van der Waals surface area contributed by atoms with Crippen LogP contribution in [0.5, 0.6) is 0 Å². The zero-order valence-corrected chi connectivity index (χ0v) is 17.6. The van der Waals surface area contributed by atoms with Crippen LogP contribution in [0.3, 0.4) is 0 Å². The van der Waals surface area contributed by atoms with E-state index < -0.39 is 8.32 Å². The smallest absolute Gasteiger partial charge is 0.191 e. The predicted molar refractivity (Wildman–Crippen MR) is 108 cm³/mol. The molecular weight excluding hydrogens is 311 g/mol. The van der Waals surface area contributed by atoms with Crippen molar-refractivity contribution in [2.24, 2.45) is 0 Å². The third-order valence-corrected chi connectivity index (χ3v) is 9.50. The SMILES string of the molecule is CCCC[C@H]([B]CCO[Si](C)(C)C(C)(C)C)OCc1ccccc1. The quantitative estimate of drug-likeness (QED) is 0.368. The Kier molecular flexibility index (Phi) is 9.32. The maximum Gasteiger partial charge on any atom is 0.191 e. The second-order valence-corrected chi connectivity index (χ2v) is 12.9. The number of hydrogen-bond acceptors (Lipinski definition) is 2. The maximum atomic E-state index is 6.26. The minimum absolute atomic E-state index is 0.230. The summed E-state index contributed by atoms with van der Waals surface area (Å²) in [7, 11) is 0.677. The van der Waals surface area contributed by atoms with Crippen molar-refractivity contribution < 1.29 is 9.16 Å². The summed E-state index contributed by atoms with van der Waals surface area (Å²) in [5, 5.41) is 0.276. The largest absolute Gasteiger partial charge is 0.418 e. The van der Waals surface area contributed by atoms with Gasteiger partial charge in [0.2, 0.25) is 0 Å². The highest BCUT2D eigenvalue weighted by Crippen LogP contribution is 2.36. The van der Waals surface area contributed by atoms with Gasteiger partial charge < -0.3 is 9.16 Å². The van der Waals surface area contributed by atoms with Gasteiger partial charge in [-0.1, -0.05) is 77.2 Å². The molecule has 0 heterocycles. The maximum absolute atomic E-state index is 6.26. The Hall–Kier alpha value is -0.578. The Morgan fingerprint density at radius 3 is 2.38 bits per heavy atom. The molecule has 0 bridgehead atoms. The monoisotopic (exact) mass is 347 g/mol. The second-order valence-electron chi connectivity index (χ2n) is 8.11. The van der Waals surface area contributed by atoms with Crippen LogP contribution in [-0.4, -0.2) is 28.2 Å². The van der Waals surface area contributed by atoms with Gasteiger partial charge in [-0.2, -0.15) is 0 Å². The second kappa shape index (κ2) is 10.4. The molecule has 0 fully saturated rings. The van der Waals surface area contributed by atoms with E-state index >= 15 is 0 Å². The molecule has 1 radical (unpaired) electrons. The highest BCUT2D eigenvalue weighted by Gasteiger charge is 2.36. The van der Waals surface area contributed by atoms with Crippen LogP contribution in [0.15, 0.2) is 30.3 Å². The highest BCUT2D eigenvalue weighted by atomic mass is 28.4. The fraction of sp³-hybridized carbons (Fsp3) is 0.700. The molecule has 1 rings (SSSR count). The zero-order chi connectivity index (χ0) is 18.1. The molecule has 0 saturated heterocycles.